The third kappa shape index (κ3) is 7.16. The fourth-order valence-corrected chi connectivity index (χ4v) is 0.838. The van der Waals surface area contributed by atoms with E-state index in [0.29, 0.717) is 13.1 Å². The molecule has 0 atom stereocenters. The summed E-state index contributed by atoms with van der Waals surface area (Å²) in [5.74, 6) is 0. The van der Waals surface area contributed by atoms with Crippen LogP contribution in [0.15, 0.2) is 12.1 Å². The summed E-state index contributed by atoms with van der Waals surface area (Å²) in [6, 6.07) is 0. The van der Waals surface area contributed by atoms with E-state index in [1.54, 1.807) is 4.90 Å². The molecule has 0 aromatic heterocycles. The van der Waals surface area contributed by atoms with Gasteiger partial charge in [-0.2, -0.15) is 0 Å². The molecule has 0 aliphatic carbocycles. The van der Waals surface area contributed by atoms with Crippen LogP contribution in [0.5, 0.6) is 0 Å². The second kappa shape index (κ2) is 7.48. The number of hydrogen-bond acceptors (Lipinski definition) is 1. The molecule has 0 aromatic carbocycles. The monoisotopic (exact) mass is 219 g/mol. The molecule has 73 valence electrons. The van der Waals surface area contributed by atoms with Gasteiger partial charge in [0.1, 0.15) is 0 Å². The molecule has 0 fully saturated rings. The summed E-state index contributed by atoms with van der Waals surface area (Å²) in [4.78, 5) is 1.69. The van der Waals surface area contributed by atoms with Crippen molar-refractivity contribution in [1.29, 1.82) is 0 Å². The van der Waals surface area contributed by atoms with Crippen molar-refractivity contribution in [2.45, 2.75) is 13.8 Å². The van der Waals surface area contributed by atoms with Crippen molar-refractivity contribution in [3.63, 3.8) is 0 Å². The van der Waals surface area contributed by atoms with Crippen molar-refractivity contribution in [3.05, 3.63) is 12.1 Å². The molecule has 0 N–H and O–H groups in total. The molecule has 0 aliphatic heterocycles. The summed E-state index contributed by atoms with van der Waals surface area (Å²) in [5, 5.41) is 0. The van der Waals surface area contributed by atoms with Crippen molar-refractivity contribution >= 4 is 58.4 Å². The first kappa shape index (κ1) is 16.6. The Labute approximate surface area is 120 Å². The fraction of sp³-hybridized carbons (Fsp3) is 0.714. The zero-order valence-corrected chi connectivity index (χ0v) is 11.6. The molecule has 13 heavy (non-hydrogen) atoms. The largest absolute Gasteiger partial charge is 0.506 e. The molecule has 0 heterocycles. The molecule has 0 saturated heterocycles. The van der Waals surface area contributed by atoms with Crippen LogP contribution in [0.4, 0.5) is 12.9 Å². The fourth-order valence-electron chi connectivity index (χ4n) is 0.838. The molecule has 1 nitrogen and oxygen atoms in total. The van der Waals surface area contributed by atoms with Crippen molar-refractivity contribution < 1.29 is 12.9 Å². The number of rotatable bonds is 5. The Kier molecular flexibility index (Phi) is 9.56. The van der Waals surface area contributed by atoms with Gasteiger partial charge in [-0.15, -0.1) is 12.1 Å². The van der Waals surface area contributed by atoms with E-state index in [1.165, 1.54) is 0 Å². The summed E-state index contributed by atoms with van der Waals surface area (Å²) in [7, 11) is 0. The average Bonchev–Trinajstić information content (AvgIpc) is 1.97. The number of nitrogens with zero attached hydrogens (tertiary/aromatic N) is 1. The van der Waals surface area contributed by atoms with E-state index >= 15 is 0 Å². The Bertz CT molecular complexity index is 156. The topological polar surface area (TPSA) is 3.24 Å². The van der Waals surface area contributed by atoms with Crippen LogP contribution < -0.4 is 0 Å². The normalized spacial score (nSPS) is 11.2. The van der Waals surface area contributed by atoms with Crippen LogP contribution in [0, 0.1) is 0 Å². The molecular formula is C7H14BF3KN-. The van der Waals surface area contributed by atoms with Crippen LogP contribution in [0.2, 0.25) is 0 Å². The second-order valence-corrected chi connectivity index (χ2v) is 2.69. The zero-order valence-electron chi connectivity index (χ0n) is 8.49. The van der Waals surface area contributed by atoms with Crippen LogP contribution in [-0.2, 0) is 0 Å². The Morgan fingerprint density at radius 2 is 1.62 bits per heavy atom. The molecule has 0 unspecified atom stereocenters. The maximum absolute atomic E-state index is 12.0. The van der Waals surface area contributed by atoms with Crippen LogP contribution >= 0.6 is 0 Å². The molecule has 1 radical (unpaired) electrons. The van der Waals surface area contributed by atoms with Gasteiger partial charge in [0.2, 0.25) is 0 Å². The summed E-state index contributed by atoms with van der Waals surface area (Å²) in [5.41, 5.74) is -0.612. The summed E-state index contributed by atoms with van der Waals surface area (Å²) in [6.07, 6.45) is 0. The van der Waals surface area contributed by atoms with Gasteiger partial charge in [-0.3, -0.25) is 0 Å². The number of hydrogen-bond donors (Lipinski definition) is 0. The SMILES string of the molecule is C=C(CN(CC)CC)[B-](F)(F)F.[K]. The van der Waals surface area contributed by atoms with Crippen LogP contribution in [0.25, 0.3) is 0 Å². The van der Waals surface area contributed by atoms with Crippen LogP contribution in [0.1, 0.15) is 13.8 Å². The van der Waals surface area contributed by atoms with Crippen molar-refractivity contribution in [2.75, 3.05) is 19.6 Å². The van der Waals surface area contributed by atoms with E-state index in [0.717, 1.165) is 0 Å². The average molecular weight is 219 g/mol. The van der Waals surface area contributed by atoms with Gasteiger partial charge in [-0.1, -0.05) is 13.8 Å². The van der Waals surface area contributed by atoms with Gasteiger partial charge < -0.3 is 17.8 Å². The molecule has 0 rings (SSSR count). The molecule has 0 aromatic rings. The standard InChI is InChI=1S/C7H14BF3N.K/c1-4-12(5-2)6-7(3)8(9,10)11;/h3-6H2,1-2H3;/q-1;. The van der Waals surface area contributed by atoms with E-state index in [2.05, 4.69) is 6.58 Å². The van der Waals surface area contributed by atoms with Gasteiger partial charge in [0.15, 0.2) is 0 Å². The van der Waals surface area contributed by atoms with Crippen LogP contribution in [-0.4, -0.2) is 82.9 Å². The van der Waals surface area contributed by atoms with E-state index in [4.69, 9.17) is 0 Å². The molecule has 6 heteroatoms. The van der Waals surface area contributed by atoms with Gasteiger partial charge >= 0.3 is 6.98 Å². The minimum Gasteiger partial charge on any atom is -0.445 e. The van der Waals surface area contributed by atoms with E-state index < -0.39 is 12.4 Å². The molecule has 0 saturated carbocycles. The van der Waals surface area contributed by atoms with Gasteiger partial charge in [-0.05, 0) is 19.6 Å². The quantitative estimate of drug-likeness (QED) is 0.638. The van der Waals surface area contributed by atoms with Crippen molar-refractivity contribution in [2.24, 2.45) is 0 Å². The van der Waals surface area contributed by atoms with Crippen molar-refractivity contribution in [1.82, 2.24) is 4.90 Å². The van der Waals surface area contributed by atoms with Gasteiger partial charge in [0.25, 0.3) is 0 Å². The van der Waals surface area contributed by atoms with Crippen molar-refractivity contribution in [3.8, 4) is 0 Å². The maximum atomic E-state index is 12.0. The summed E-state index contributed by atoms with van der Waals surface area (Å²) < 4.78 is 36.1. The van der Waals surface area contributed by atoms with E-state index in [-0.39, 0.29) is 57.9 Å². The first-order valence-electron chi connectivity index (χ1n) is 4.01. The Morgan fingerprint density at radius 1 is 1.23 bits per heavy atom. The molecule has 0 bridgehead atoms. The second-order valence-electron chi connectivity index (χ2n) is 2.69. The molecule has 0 spiro atoms. The molecule has 0 aliphatic rings. The maximum Gasteiger partial charge on any atom is 0.506 e. The zero-order chi connectivity index (χ0) is 9.78. The smallest absolute Gasteiger partial charge is 0.445 e. The Hall–Kier alpha value is 1.19. The summed E-state index contributed by atoms with van der Waals surface area (Å²) >= 11 is 0. The summed E-state index contributed by atoms with van der Waals surface area (Å²) in [6.45, 7) is 3.03. The van der Waals surface area contributed by atoms with Gasteiger partial charge in [0.05, 0.1) is 0 Å². The molecular weight excluding hydrogens is 205 g/mol. The van der Waals surface area contributed by atoms with Crippen LogP contribution in [0.3, 0.4) is 0 Å². The number of halogens is 3. The Morgan fingerprint density at radius 3 is 1.85 bits per heavy atom. The minimum absolute atomic E-state index is 0. The van der Waals surface area contributed by atoms with Gasteiger partial charge in [-0.25, -0.2) is 0 Å². The first-order valence-corrected chi connectivity index (χ1v) is 4.01. The van der Waals surface area contributed by atoms with Gasteiger partial charge in [0, 0.05) is 51.4 Å². The Balaban J connectivity index is 0. The predicted molar refractivity (Wildman–Crippen MR) is 51.8 cm³/mol. The third-order valence-electron chi connectivity index (χ3n) is 1.78. The molecule has 0 amide bonds. The first-order chi connectivity index (χ1) is 5.41. The number of likely N-dealkylation sites (N-methyl/N-ethyl adjacent to an activating group) is 1. The third-order valence-corrected chi connectivity index (χ3v) is 1.78. The van der Waals surface area contributed by atoms with E-state index in [1.807, 2.05) is 13.8 Å². The van der Waals surface area contributed by atoms with E-state index in [9.17, 15) is 12.9 Å². The predicted octanol–water partition coefficient (Wildman–Crippen LogP) is 1.89. The minimum atomic E-state index is -4.85.